The van der Waals surface area contributed by atoms with Gasteiger partial charge >= 0.3 is 6.03 Å². The second-order valence-electron chi connectivity index (χ2n) is 9.95. The number of benzene rings is 3. The fourth-order valence-electron chi connectivity index (χ4n) is 5.14. The van der Waals surface area contributed by atoms with Crippen LogP contribution in [0.25, 0.3) is 6.08 Å². The molecule has 2 fully saturated rings. The molecule has 6 heteroatoms. The molecule has 0 aliphatic carbocycles. The molecule has 0 radical (unpaired) electrons. The standard InChI is InChI=1S/C31H34N4O2/c1-24-15-16-28(22-25(24)2)31(27-13-7-4-8-14-27)29(36)35(30(37)32-31)23-34-20-18-33(19-21-34)17-9-12-26-10-5-3-6-11-26/h3-16,22H,17-21,23H2,1-2H3,(H,32,37). The first-order valence-corrected chi connectivity index (χ1v) is 12.9. The normalized spacial score (nSPS) is 21.1. The van der Waals surface area contributed by atoms with Crippen LogP contribution in [0.1, 0.15) is 27.8 Å². The summed E-state index contributed by atoms with van der Waals surface area (Å²) >= 11 is 0. The van der Waals surface area contributed by atoms with E-state index in [0.717, 1.165) is 55.0 Å². The number of urea groups is 1. The minimum atomic E-state index is -1.22. The molecule has 0 spiro atoms. The molecular weight excluding hydrogens is 460 g/mol. The summed E-state index contributed by atoms with van der Waals surface area (Å²) in [6.07, 6.45) is 4.34. The molecular formula is C31H34N4O2. The van der Waals surface area contributed by atoms with E-state index < -0.39 is 5.54 Å². The van der Waals surface area contributed by atoms with Gasteiger partial charge < -0.3 is 5.32 Å². The Bertz CT molecular complexity index is 1280. The highest BCUT2D eigenvalue weighted by molar-refractivity contribution is 6.09. The van der Waals surface area contributed by atoms with Crippen molar-refractivity contribution in [3.05, 3.63) is 113 Å². The van der Waals surface area contributed by atoms with Crippen LogP contribution in [-0.4, -0.2) is 66.0 Å². The molecule has 5 rings (SSSR count). The molecule has 37 heavy (non-hydrogen) atoms. The number of rotatable bonds is 7. The van der Waals surface area contributed by atoms with E-state index in [-0.39, 0.29) is 18.6 Å². The number of nitrogens with zero attached hydrogens (tertiary/aromatic N) is 3. The first kappa shape index (κ1) is 24.9. The molecule has 0 saturated carbocycles. The molecule has 3 aromatic rings. The van der Waals surface area contributed by atoms with Crippen molar-refractivity contribution in [3.8, 4) is 0 Å². The van der Waals surface area contributed by atoms with Crippen molar-refractivity contribution in [2.75, 3.05) is 39.4 Å². The van der Waals surface area contributed by atoms with E-state index in [0.29, 0.717) is 0 Å². The van der Waals surface area contributed by atoms with Crippen molar-refractivity contribution in [3.63, 3.8) is 0 Å². The molecule has 1 unspecified atom stereocenters. The minimum Gasteiger partial charge on any atom is -0.315 e. The predicted octanol–water partition coefficient (Wildman–Crippen LogP) is 4.39. The summed E-state index contributed by atoms with van der Waals surface area (Å²) in [7, 11) is 0. The van der Waals surface area contributed by atoms with Crippen molar-refractivity contribution in [2.45, 2.75) is 19.4 Å². The van der Waals surface area contributed by atoms with Crippen LogP contribution < -0.4 is 5.32 Å². The van der Waals surface area contributed by atoms with Crippen molar-refractivity contribution >= 4 is 18.0 Å². The smallest absolute Gasteiger partial charge is 0.315 e. The molecule has 0 bridgehead atoms. The lowest BCUT2D eigenvalue weighted by Crippen LogP contribution is -2.51. The predicted molar refractivity (Wildman–Crippen MR) is 147 cm³/mol. The summed E-state index contributed by atoms with van der Waals surface area (Å²) in [4.78, 5) is 33.3. The van der Waals surface area contributed by atoms with Gasteiger partial charge in [-0.05, 0) is 41.7 Å². The molecule has 1 atom stereocenters. The maximum Gasteiger partial charge on any atom is 0.326 e. The molecule has 3 amide bonds. The van der Waals surface area contributed by atoms with Crippen molar-refractivity contribution in [1.82, 2.24) is 20.0 Å². The van der Waals surface area contributed by atoms with E-state index in [1.54, 1.807) is 0 Å². The first-order valence-electron chi connectivity index (χ1n) is 12.9. The zero-order valence-corrected chi connectivity index (χ0v) is 21.6. The van der Waals surface area contributed by atoms with Crippen LogP contribution in [0.2, 0.25) is 0 Å². The van der Waals surface area contributed by atoms with Gasteiger partial charge in [0.2, 0.25) is 0 Å². The Morgan fingerprint density at radius 2 is 1.43 bits per heavy atom. The van der Waals surface area contributed by atoms with E-state index in [2.05, 4.69) is 39.4 Å². The number of carbonyl (C=O) groups is 2. The van der Waals surface area contributed by atoms with Gasteiger partial charge in [-0.2, -0.15) is 0 Å². The second-order valence-corrected chi connectivity index (χ2v) is 9.95. The van der Waals surface area contributed by atoms with Gasteiger partial charge in [-0.1, -0.05) is 91.0 Å². The molecule has 3 aromatic carbocycles. The Kier molecular flexibility index (Phi) is 7.22. The third kappa shape index (κ3) is 5.08. The van der Waals surface area contributed by atoms with Crippen LogP contribution in [0.5, 0.6) is 0 Å². The molecule has 2 saturated heterocycles. The zero-order chi connectivity index (χ0) is 25.8. The minimum absolute atomic E-state index is 0.222. The summed E-state index contributed by atoms with van der Waals surface area (Å²) in [6.45, 7) is 8.65. The van der Waals surface area contributed by atoms with E-state index in [1.807, 2.05) is 80.6 Å². The van der Waals surface area contributed by atoms with Gasteiger partial charge in [-0.3, -0.25) is 14.6 Å². The SMILES string of the molecule is Cc1ccc(C2(c3ccccc3)NC(=O)N(CN3CCN(CC=Cc4ccccc4)CC3)C2=O)cc1C. The number of imide groups is 1. The average molecular weight is 495 g/mol. The van der Waals surface area contributed by atoms with Crippen LogP contribution in [0.4, 0.5) is 4.79 Å². The van der Waals surface area contributed by atoms with Gasteiger partial charge in [0.25, 0.3) is 5.91 Å². The zero-order valence-electron chi connectivity index (χ0n) is 21.6. The molecule has 2 aliphatic rings. The molecule has 6 nitrogen and oxygen atoms in total. The number of aryl methyl sites for hydroxylation is 2. The van der Waals surface area contributed by atoms with Crippen molar-refractivity contribution in [1.29, 1.82) is 0 Å². The van der Waals surface area contributed by atoms with Gasteiger partial charge in [0.1, 0.15) is 0 Å². The highest BCUT2D eigenvalue weighted by Gasteiger charge is 2.54. The van der Waals surface area contributed by atoms with Gasteiger partial charge in [-0.25, -0.2) is 9.69 Å². The quantitative estimate of drug-likeness (QED) is 0.495. The lowest BCUT2D eigenvalue weighted by atomic mass is 9.81. The van der Waals surface area contributed by atoms with Crippen LogP contribution in [0.15, 0.2) is 84.9 Å². The fraction of sp³-hybridized carbons (Fsp3) is 0.290. The lowest BCUT2D eigenvalue weighted by Gasteiger charge is -2.35. The lowest BCUT2D eigenvalue weighted by molar-refractivity contribution is -0.132. The molecule has 2 aliphatic heterocycles. The Morgan fingerprint density at radius 1 is 0.784 bits per heavy atom. The monoisotopic (exact) mass is 494 g/mol. The maximum absolute atomic E-state index is 14.0. The van der Waals surface area contributed by atoms with Gasteiger partial charge in [0.05, 0.1) is 6.67 Å². The van der Waals surface area contributed by atoms with Crippen LogP contribution in [-0.2, 0) is 10.3 Å². The number of hydrogen-bond donors (Lipinski definition) is 1. The summed E-state index contributed by atoms with van der Waals surface area (Å²) in [5, 5.41) is 3.08. The molecule has 0 aromatic heterocycles. The highest BCUT2D eigenvalue weighted by Crippen LogP contribution is 2.37. The van der Waals surface area contributed by atoms with E-state index >= 15 is 0 Å². The number of piperazine rings is 1. The Labute approximate surface area is 219 Å². The summed E-state index contributed by atoms with van der Waals surface area (Å²) < 4.78 is 0. The molecule has 1 N–H and O–H groups in total. The third-order valence-corrected chi connectivity index (χ3v) is 7.53. The third-order valence-electron chi connectivity index (χ3n) is 7.53. The summed E-state index contributed by atoms with van der Waals surface area (Å²) in [5.41, 5.74) is 3.78. The Morgan fingerprint density at radius 3 is 2.11 bits per heavy atom. The van der Waals surface area contributed by atoms with Gasteiger partial charge in [0.15, 0.2) is 5.54 Å². The number of hydrogen-bond acceptors (Lipinski definition) is 4. The number of nitrogens with one attached hydrogen (secondary N) is 1. The largest absolute Gasteiger partial charge is 0.326 e. The van der Waals surface area contributed by atoms with E-state index in [4.69, 9.17) is 0 Å². The topological polar surface area (TPSA) is 55.9 Å². The van der Waals surface area contributed by atoms with Crippen LogP contribution in [0, 0.1) is 13.8 Å². The molecule has 190 valence electrons. The van der Waals surface area contributed by atoms with Gasteiger partial charge in [-0.15, -0.1) is 0 Å². The second kappa shape index (κ2) is 10.7. The molecule has 2 heterocycles. The van der Waals surface area contributed by atoms with E-state index in [1.165, 1.54) is 10.5 Å². The maximum atomic E-state index is 14.0. The number of amides is 3. The average Bonchev–Trinajstić information content (AvgIpc) is 3.18. The van der Waals surface area contributed by atoms with Crippen LogP contribution >= 0.6 is 0 Å². The fourth-order valence-corrected chi connectivity index (χ4v) is 5.14. The van der Waals surface area contributed by atoms with E-state index in [9.17, 15) is 9.59 Å². The summed E-state index contributed by atoms with van der Waals surface area (Å²) in [6, 6.07) is 25.5. The van der Waals surface area contributed by atoms with Crippen molar-refractivity contribution < 1.29 is 9.59 Å². The number of carbonyl (C=O) groups excluding carboxylic acids is 2. The Balaban J connectivity index is 1.28. The summed E-state index contributed by atoms with van der Waals surface area (Å²) in [5.74, 6) is -0.222. The van der Waals surface area contributed by atoms with Crippen molar-refractivity contribution in [2.24, 2.45) is 0 Å². The van der Waals surface area contributed by atoms with Crippen LogP contribution in [0.3, 0.4) is 0 Å². The highest BCUT2D eigenvalue weighted by atomic mass is 16.2. The Hall–Kier alpha value is -3.74. The first-order chi connectivity index (χ1) is 18.0. The van der Waals surface area contributed by atoms with Gasteiger partial charge in [0, 0.05) is 32.7 Å².